The average Bonchev–Trinajstić information content (AvgIpc) is 3.70. The van der Waals surface area contributed by atoms with Crippen LogP contribution in [0.3, 0.4) is 0 Å². The normalized spacial score (nSPS) is 17.4. The van der Waals surface area contributed by atoms with E-state index in [0.29, 0.717) is 77.2 Å². The highest BCUT2D eigenvalue weighted by Gasteiger charge is 2.51. The Kier molecular flexibility index (Phi) is 21.0. The number of nitrogens with two attached hydrogens (primary N) is 2. The predicted molar refractivity (Wildman–Crippen MR) is 241 cm³/mol. The monoisotopic (exact) mass is 928 g/mol. The van der Waals surface area contributed by atoms with E-state index in [1.165, 1.54) is 21.8 Å². The largest absolute Gasteiger partial charge is 0.491 e. The van der Waals surface area contributed by atoms with Gasteiger partial charge in [0.2, 0.25) is 17.7 Å². The number of nitrogens with one attached hydrogen (secondary N) is 2. The summed E-state index contributed by atoms with van der Waals surface area (Å²) in [7, 11) is 0. The Hall–Kier alpha value is -4.60. The van der Waals surface area contributed by atoms with E-state index >= 15 is 0 Å². The van der Waals surface area contributed by atoms with Crippen LogP contribution in [0.5, 0.6) is 5.75 Å². The molecule has 4 amide bonds. The van der Waals surface area contributed by atoms with E-state index in [1.807, 2.05) is 44.2 Å². The molecule has 2 aliphatic rings. The molecule has 1 aliphatic heterocycles. The first-order valence-corrected chi connectivity index (χ1v) is 23.1. The molecule has 1 saturated heterocycles. The summed E-state index contributed by atoms with van der Waals surface area (Å²) >= 11 is 1.51. The zero-order valence-corrected chi connectivity index (χ0v) is 38.3. The van der Waals surface area contributed by atoms with Crippen molar-refractivity contribution in [3.05, 3.63) is 70.4 Å². The minimum Gasteiger partial charge on any atom is -0.491 e. The maximum atomic E-state index is 14.0. The number of hydrogen-bond donors (Lipinski definition) is 5. The SMILES string of the molecule is Cc1ncsc1-c1ccc(CNC(=O)[C@@H]2C[C@@H](O)CN2C(=O)CNC(=O)C2(F)CC2)c(OCCOCCOCCOCCOCCCc2ccc(CO[C@H](C)[C@@H](N)CCC(N)=O)cc2)c1. The van der Waals surface area contributed by atoms with Crippen molar-refractivity contribution in [2.45, 2.75) is 102 Å². The number of benzene rings is 2. The van der Waals surface area contributed by atoms with Crippen molar-refractivity contribution in [3.63, 3.8) is 0 Å². The number of carbonyl (C=O) groups excluding carboxylic acids is 4. The summed E-state index contributed by atoms with van der Waals surface area (Å²) in [5, 5.41) is 15.5. The molecule has 17 nitrogen and oxygen atoms in total. The van der Waals surface area contributed by atoms with Crippen LogP contribution in [0.1, 0.15) is 67.8 Å². The lowest BCUT2D eigenvalue weighted by molar-refractivity contribution is -0.139. The maximum absolute atomic E-state index is 14.0. The minimum absolute atomic E-state index is 0.0349. The van der Waals surface area contributed by atoms with Gasteiger partial charge in [0.25, 0.3) is 5.91 Å². The van der Waals surface area contributed by atoms with Gasteiger partial charge < -0.3 is 60.5 Å². The minimum atomic E-state index is -1.92. The number of aromatic nitrogens is 1. The molecule has 1 aromatic heterocycles. The predicted octanol–water partition coefficient (Wildman–Crippen LogP) is 2.89. The third-order valence-electron chi connectivity index (χ3n) is 11.1. The summed E-state index contributed by atoms with van der Waals surface area (Å²) in [6, 6.07) is 12.8. The third-order valence-corrected chi connectivity index (χ3v) is 12.1. The highest BCUT2D eigenvalue weighted by atomic mass is 32.1. The van der Waals surface area contributed by atoms with E-state index in [-0.39, 0.29) is 63.4 Å². The van der Waals surface area contributed by atoms with Crippen molar-refractivity contribution < 1.29 is 57.1 Å². The number of rotatable bonds is 31. The van der Waals surface area contributed by atoms with Crippen LogP contribution in [-0.4, -0.2) is 141 Å². The number of hydrogen-bond acceptors (Lipinski definition) is 14. The van der Waals surface area contributed by atoms with Gasteiger partial charge in [-0.05, 0) is 68.7 Å². The fraction of sp³-hybridized carbons (Fsp3) is 0.587. The number of nitrogens with zero attached hydrogens (tertiary/aromatic N) is 2. The highest BCUT2D eigenvalue weighted by molar-refractivity contribution is 7.13. The lowest BCUT2D eigenvalue weighted by Crippen LogP contribution is -2.49. The number of likely N-dealkylation sites (tertiary alicyclic amines) is 1. The fourth-order valence-corrected chi connectivity index (χ4v) is 7.80. The van der Waals surface area contributed by atoms with Gasteiger partial charge in [0.1, 0.15) is 18.4 Å². The van der Waals surface area contributed by atoms with Gasteiger partial charge in [-0.15, -0.1) is 11.3 Å². The third kappa shape index (κ3) is 17.3. The van der Waals surface area contributed by atoms with Crippen LogP contribution in [0.25, 0.3) is 10.4 Å². The summed E-state index contributed by atoms with van der Waals surface area (Å²) in [4.78, 5) is 55.8. The molecule has 2 fully saturated rings. The Bertz CT molecular complexity index is 1970. The Labute approximate surface area is 384 Å². The number of aliphatic hydroxyl groups is 1. The van der Waals surface area contributed by atoms with E-state index in [2.05, 4.69) is 27.8 Å². The zero-order chi connectivity index (χ0) is 46.6. The number of aliphatic hydroxyl groups excluding tert-OH is 1. The number of amides is 4. The molecule has 1 aliphatic carbocycles. The molecule has 2 heterocycles. The summed E-state index contributed by atoms with van der Waals surface area (Å²) in [5.74, 6) is -1.70. The first-order valence-electron chi connectivity index (χ1n) is 22.3. The van der Waals surface area contributed by atoms with Crippen molar-refractivity contribution in [1.82, 2.24) is 20.5 Å². The lowest BCUT2D eigenvalue weighted by Gasteiger charge is -2.24. The summed E-state index contributed by atoms with van der Waals surface area (Å²) < 4.78 is 48.7. The van der Waals surface area contributed by atoms with E-state index < -0.39 is 42.1 Å². The number of carbonyl (C=O) groups is 4. The summed E-state index contributed by atoms with van der Waals surface area (Å²) in [5.41, 5.74) is 15.9. The number of thiazole rings is 1. The molecule has 3 aromatic rings. The Morgan fingerprint density at radius 2 is 1.58 bits per heavy atom. The molecule has 0 radical (unpaired) electrons. The van der Waals surface area contributed by atoms with E-state index in [9.17, 15) is 28.7 Å². The molecule has 0 spiro atoms. The van der Waals surface area contributed by atoms with Crippen molar-refractivity contribution >= 4 is 35.0 Å². The van der Waals surface area contributed by atoms with Gasteiger partial charge in [0, 0.05) is 44.1 Å². The van der Waals surface area contributed by atoms with Crippen molar-refractivity contribution in [2.24, 2.45) is 11.5 Å². The van der Waals surface area contributed by atoms with Gasteiger partial charge in [-0.2, -0.15) is 0 Å². The van der Waals surface area contributed by atoms with Crippen LogP contribution in [-0.2, 0) is 62.4 Å². The van der Waals surface area contributed by atoms with Gasteiger partial charge in [-0.3, -0.25) is 19.2 Å². The van der Waals surface area contributed by atoms with E-state index in [0.717, 1.165) is 34.5 Å². The average molecular weight is 929 g/mol. The smallest absolute Gasteiger partial charge is 0.258 e. The highest BCUT2D eigenvalue weighted by Crippen LogP contribution is 2.39. The molecule has 0 unspecified atom stereocenters. The standard InChI is InChI=1S/C46H65FN6O11S/c1-31-43(65-30-52-31)35-9-10-36(26-50-44(57)39-25-37(54)28-53(39)42(56)27-51-45(58)46(47)13-14-46)40(24-35)63-23-22-62-21-20-61-19-18-60-17-16-59-15-3-4-33-5-7-34(8-6-33)29-64-32(2)38(48)11-12-41(49)55/h5-10,24,30,32,37-39,54H,3-4,11-23,25-29,48H2,1-2H3,(H2,49,55)(H,50,57)(H,51,58)/t32-,37-,38+,39+/m1/s1. The number of aryl methyl sites for hydroxylation is 2. The zero-order valence-electron chi connectivity index (χ0n) is 37.4. The van der Waals surface area contributed by atoms with Gasteiger partial charge in [0.15, 0.2) is 5.67 Å². The second kappa shape index (κ2) is 26.5. The van der Waals surface area contributed by atoms with Crippen molar-refractivity contribution in [2.75, 3.05) is 72.6 Å². The molecule has 65 heavy (non-hydrogen) atoms. The van der Waals surface area contributed by atoms with E-state index in [4.69, 9.17) is 39.9 Å². The quantitative estimate of drug-likeness (QED) is 0.0585. The fourth-order valence-electron chi connectivity index (χ4n) is 6.99. The summed E-state index contributed by atoms with van der Waals surface area (Å²) in [6.45, 7) is 7.55. The molecule has 7 N–H and O–H groups in total. The first kappa shape index (κ1) is 51.4. The molecular formula is C46H65FN6O11S. The number of ether oxygens (including phenoxy) is 6. The molecule has 358 valence electrons. The van der Waals surface area contributed by atoms with Crippen molar-refractivity contribution in [3.8, 4) is 16.2 Å². The van der Waals surface area contributed by atoms with Crippen LogP contribution in [0.4, 0.5) is 4.39 Å². The number of primary amides is 1. The van der Waals surface area contributed by atoms with Gasteiger partial charge in [-0.1, -0.05) is 36.4 Å². The molecular weight excluding hydrogens is 864 g/mol. The molecule has 19 heteroatoms. The van der Waals surface area contributed by atoms with Gasteiger partial charge in [-0.25, -0.2) is 9.37 Å². The number of alkyl halides is 1. The first-order chi connectivity index (χ1) is 31.3. The van der Waals surface area contributed by atoms with Gasteiger partial charge in [0.05, 0.1) is 87.7 Å². The van der Waals surface area contributed by atoms with Crippen LogP contribution in [0.15, 0.2) is 48.0 Å². The van der Waals surface area contributed by atoms with E-state index in [1.54, 1.807) is 5.51 Å². The van der Waals surface area contributed by atoms with Gasteiger partial charge >= 0.3 is 0 Å². The molecule has 0 bridgehead atoms. The van der Waals surface area contributed by atoms with Crippen LogP contribution >= 0.6 is 11.3 Å². The Morgan fingerprint density at radius 3 is 2.22 bits per heavy atom. The van der Waals surface area contributed by atoms with Crippen molar-refractivity contribution in [1.29, 1.82) is 0 Å². The maximum Gasteiger partial charge on any atom is 0.258 e. The Balaban J connectivity index is 0.911. The van der Waals surface area contributed by atoms with Crippen LogP contribution in [0, 0.1) is 6.92 Å². The second-order valence-electron chi connectivity index (χ2n) is 16.3. The van der Waals surface area contributed by atoms with Crippen LogP contribution < -0.4 is 26.8 Å². The second-order valence-corrected chi connectivity index (χ2v) is 17.2. The molecule has 1 saturated carbocycles. The number of β-amino-alcohol motifs (C(OH)–C–C–N with tert-alkyl or cyclic N) is 1. The molecule has 5 rings (SSSR count). The van der Waals surface area contributed by atoms with Crippen LogP contribution in [0.2, 0.25) is 0 Å². The number of halogens is 1. The lowest BCUT2D eigenvalue weighted by atomic mass is 10.1. The molecule has 2 aromatic carbocycles. The Morgan fingerprint density at radius 1 is 0.938 bits per heavy atom. The summed E-state index contributed by atoms with van der Waals surface area (Å²) in [6.07, 6.45) is 1.72. The topological polar surface area (TPSA) is 236 Å². The molecule has 4 atom stereocenters.